The number of anilines is 3. The normalized spacial score (nSPS) is 10.8. The fourth-order valence-corrected chi connectivity index (χ4v) is 2.45. The molecule has 0 aliphatic rings. The summed E-state index contributed by atoms with van der Waals surface area (Å²) in [5.74, 6) is -0.607. The Morgan fingerprint density at radius 3 is 2.54 bits per heavy atom. The number of carbonyl (C=O) groups excluding carboxylic acids is 1. The standard InChI is InChI=1S/C20H13F3N4O/c21-20(22,23)15-5-3-6-16(9-15)27-19(28)14-8-17(12-25-11-14)26-18-7-2-1-4-13(18)10-24/h1-9,11-12,26H,(H,27,28). The summed E-state index contributed by atoms with van der Waals surface area (Å²) in [6.45, 7) is 0. The molecule has 1 aromatic heterocycles. The van der Waals surface area contributed by atoms with E-state index in [0.717, 1.165) is 12.1 Å². The van der Waals surface area contributed by atoms with Gasteiger partial charge in [-0.1, -0.05) is 18.2 Å². The zero-order valence-corrected chi connectivity index (χ0v) is 14.3. The van der Waals surface area contributed by atoms with Crippen LogP contribution in [0.3, 0.4) is 0 Å². The Morgan fingerprint density at radius 1 is 1.00 bits per heavy atom. The van der Waals surface area contributed by atoms with Gasteiger partial charge in [-0.2, -0.15) is 18.4 Å². The van der Waals surface area contributed by atoms with Crippen LogP contribution in [-0.2, 0) is 6.18 Å². The molecule has 0 fully saturated rings. The van der Waals surface area contributed by atoms with Crippen molar-refractivity contribution in [3.05, 3.63) is 83.7 Å². The van der Waals surface area contributed by atoms with Gasteiger partial charge in [-0.25, -0.2) is 0 Å². The van der Waals surface area contributed by atoms with E-state index in [4.69, 9.17) is 5.26 Å². The fourth-order valence-electron chi connectivity index (χ4n) is 2.45. The van der Waals surface area contributed by atoms with E-state index in [-0.39, 0.29) is 11.3 Å². The quantitative estimate of drug-likeness (QED) is 0.668. The molecule has 0 saturated carbocycles. The summed E-state index contributed by atoms with van der Waals surface area (Å²) < 4.78 is 38.4. The predicted molar refractivity (Wildman–Crippen MR) is 98.1 cm³/mol. The molecule has 8 heteroatoms. The maximum absolute atomic E-state index is 12.8. The molecule has 0 saturated heterocycles. The molecule has 5 nitrogen and oxygen atoms in total. The number of alkyl halides is 3. The van der Waals surface area contributed by atoms with Crippen LogP contribution in [0.1, 0.15) is 21.5 Å². The fraction of sp³-hybridized carbons (Fsp3) is 0.0500. The Morgan fingerprint density at radius 2 is 1.79 bits per heavy atom. The molecule has 3 aromatic rings. The summed E-state index contributed by atoms with van der Waals surface area (Å²) in [5, 5.41) is 14.6. The number of carbonyl (C=O) groups is 1. The minimum Gasteiger partial charge on any atom is -0.353 e. The van der Waals surface area contributed by atoms with Crippen LogP contribution < -0.4 is 10.6 Å². The number of para-hydroxylation sites is 1. The zero-order valence-electron chi connectivity index (χ0n) is 14.3. The Balaban J connectivity index is 1.79. The average Bonchev–Trinajstić information content (AvgIpc) is 2.68. The number of hydrogen-bond donors (Lipinski definition) is 2. The first kappa shape index (κ1) is 18.9. The topological polar surface area (TPSA) is 77.8 Å². The largest absolute Gasteiger partial charge is 0.416 e. The SMILES string of the molecule is N#Cc1ccccc1Nc1cncc(C(=O)Nc2cccc(C(F)(F)F)c2)c1. The van der Waals surface area contributed by atoms with Crippen molar-refractivity contribution in [3.63, 3.8) is 0 Å². The monoisotopic (exact) mass is 382 g/mol. The van der Waals surface area contributed by atoms with Gasteiger partial charge >= 0.3 is 6.18 Å². The van der Waals surface area contributed by atoms with Gasteiger partial charge in [0.05, 0.1) is 34.3 Å². The van der Waals surface area contributed by atoms with Crippen LogP contribution in [0.25, 0.3) is 0 Å². The van der Waals surface area contributed by atoms with Crippen molar-refractivity contribution in [3.8, 4) is 6.07 Å². The van der Waals surface area contributed by atoms with Gasteiger partial charge in [-0.05, 0) is 36.4 Å². The number of halogens is 3. The summed E-state index contributed by atoms with van der Waals surface area (Å²) in [6, 6.07) is 14.7. The molecule has 1 amide bonds. The molecule has 0 bridgehead atoms. The van der Waals surface area contributed by atoms with Gasteiger partial charge in [0.25, 0.3) is 5.91 Å². The Bertz CT molecular complexity index is 1060. The molecule has 140 valence electrons. The molecule has 0 atom stereocenters. The van der Waals surface area contributed by atoms with Crippen molar-refractivity contribution in [2.75, 3.05) is 10.6 Å². The number of benzene rings is 2. The number of nitrogens with zero attached hydrogens (tertiary/aromatic N) is 2. The van der Waals surface area contributed by atoms with Crippen molar-refractivity contribution in [1.29, 1.82) is 5.26 Å². The van der Waals surface area contributed by atoms with Gasteiger partial charge in [0.1, 0.15) is 6.07 Å². The summed E-state index contributed by atoms with van der Waals surface area (Å²) in [5.41, 5.74) is 0.736. The lowest BCUT2D eigenvalue weighted by molar-refractivity contribution is -0.137. The molecule has 0 spiro atoms. The van der Waals surface area contributed by atoms with Crippen molar-refractivity contribution in [1.82, 2.24) is 4.98 Å². The lowest BCUT2D eigenvalue weighted by Crippen LogP contribution is -2.13. The van der Waals surface area contributed by atoms with Crippen molar-refractivity contribution in [2.24, 2.45) is 0 Å². The van der Waals surface area contributed by atoms with Crippen molar-refractivity contribution >= 4 is 23.0 Å². The third-order valence-corrected chi connectivity index (χ3v) is 3.77. The van der Waals surface area contributed by atoms with Gasteiger partial charge in [0, 0.05) is 11.9 Å². The van der Waals surface area contributed by atoms with Crippen LogP contribution in [0.2, 0.25) is 0 Å². The van der Waals surface area contributed by atoms with E-state index in [0.29, 0.717) is 16.9 Å². The lowest BCUT2D eigenvalue weighted by atomic mass is 10.1. The first-order valence-corrected chi connectivity index (χ1v) is 8.06. The molecule has 2 aromatic carbocycles. The second-order valence-corrected chi connectivity index (χ2v) is 5.78. The Kier molecular flexibility index (Phi) is 5.27. The average molecular weight is 382 g/mol. The highest BCUT2D eigenvalue weighted by Crippen LogP contribution is 2.30. The summed E-state index contributed by atoms with van der Waals surface area (Å²) in [6.07, 6.45) is -1.74. The summed E-state index contributed by atoms with van der Waals surface area (Å²) >= 11 is 0. The van der Waals surface area contributed by atoms with E-state index in [2.05, 4.69) is 15.6 Å². The maximum Gasteiger partial charge on any atom is 0.416 e. The van der Waals surface area contributed by atoms with E-state index in [1.165, 1.54) is 30.6 Å². The number of nitrogens with one attached hydrogen (secondary N) is 2. The van der Waals surface area contributed by atoms with Crippen molar-refractivity contribution in [2.45, 2.75) is 6.18 Å². The van der Waals surface area contributed by atoms with Gasteiger partial charge in [-0.3, -0.25) is 9.78 Å². The Hall–Kier alpha value is -3.86. The number of nitriles is 1. The first-order valence-electron chi connectivity index (χ1n) is 8.06. The minimum absolute atomic E-state index is 0.0213. The molecule has 0 radical (unpaired) electrons. The third kappa shape index (κ3) is 4.45. The van der Waals surface area contributed by atoms with Gasteiger partial charge < -0.3 is 10.6 Å². The molecule has 0 aliphatic carbocycles. The van der Waals surface area contributed by atoms with Crippen molar-refractivity contribution < 1.29 is 18.0 Å². The zero-order chi connectivity index (χ0) is 20.1. The van der Waals surface area contributed by atoms with Gasteiger partial charge in [0.15, 0.2) is 0 Å². The molecule has 0 unspecified atom stereocenters. The van der Waals surface area contributed by atoms with Gasteiger partial charge in [0.2, 0.25) is 0 Å². The number of hydrogen-bond acceptors (Lipinski definition) is 4. The molecule has 1 heterocycles. The first-order chi connectivity index (χ1) is 13.4. The summed E-state index contributed by atoms with van der Waals surface area (Å²) in [4.78, 5) is 16.4. The molecule has 2 N–H and O–H groups in total. The molecular weight excluding hydrogens is 369 g/mol. The highest BCUT2D eigenvalue weighted by Gasteiger charge is 2.30. The summed E-state index contributed by atoms with van der Waals surface area (Å²) in [7, 11) is 0. The Labute approximate surface area is 158 Å². The van der Waals surface area contributed by atoms with E-state index in [1.807, 2.05) is 6.07 Å². The molecular formula is C20H13F3N4O. The number of amides is 1. The van der Waals surface area contributed by atoms with E-state index in [9.17, 15) is 18.0 Å². The van der Waals surface area contributed by atoms with E-state index >= 15 is 0 Å². The van der Waals surface area contributed by atoms with E-state index in [1.54, 1.807) is 24.3 Å². The van der Waals surface area contributed by atoms with Gasteiger partial charge in [-0.15, -0.1) is 0 Å². The van der Waals surface area contributed by atoms with Crippen LogP contribution in [0.15, 0.2) is 67.0 Å². The van der Waals surface area contributed by atoms with Crippen LogP contribution in [0.4, 0.5) is 30.2 Å². The molecule has 3 rings (SSSR count). The predicted octanol–water partition coefficient (Wildman–Crippen LogP) is 4.97. The second kappa shape index (κ2) is 7.80. The van der Waals surface area contributed by atoms with Crippen LogP contribution in [0, 0.1) is 11.3 Å². The highest BCUT2D eigenvalue weighted by molar-refractivity contribution is 6.04. The van der Waals surface area contributed by atoms with Crippen LogP contribution >= 0.6 is 0 Å². The molecule has 28 heavy (non-hydrogen) atoms. The van der Waals surface area contributed by atoms with Crippen LogP contribution in [-0.4, -0.2) is 10.9 Å². The van der Waals surface area contributed by atoms with E-state index < -0.39 is 17.6 Å². The van der Waals surface area contributed by atoms with Crippen LogP contribution in [0.5, 0.6) is 0 Å². The third-order valence-electron chi connectivity index (χ3n) is 3.77. The number of aromatic nitrogens is 1. The minimum atomic E-state index is -4.50. The maximum atomic E-state index is 12.8. The number of rotatable bonds is 4. The number of pyridine rings is 1. The smallest absolute Gasteiger partial charge is 0.353 e. The lowest BCUT2D eigenvalue weighted by Gasteiger charge is -2.11. The molecule has 0 aliphatic heterocycles. The highest BCUT2D eigenvalue weighted by atomic mass is 19.4. The second-order valence-electron chi connectivity index (χ2n) is 5.78.